The molecule has 1 aliphatic rings. The van der Waals surface area contributed by atoms with Crippen LogP contribution in [0.3, 0.4) is 0 Å². The van der Waals surface area contributed by atoms with E-state index in [9.17, 15) is 27.9 Å². The number of hydrogen-bond acceptors (Lipinski definition) is 6. The molecule has 35 heavy (non-hydrogen) atoms. The van der Waals surface area contributed by atoms with Gasteiger partial charge in [-0.25, -0.2) is 9.97 Å². The van der Waals surface area contributed by atoms with Crippen molar-refractivity contribution in [2.45, 2.75) is 39.0 Å². The summed E-state index contributed by atoms with van der Waals surface area (Å²) in [7, 11) is 0. The number of carbonyl (C=O) groups is 1. The van der Waals surface area contributed by atoms with Crippen LogP contribution in [0.15, 0.2) is 35.1 Å². The molecule has 1 aromatic carbocycles. The summed E-state index contributed by atoms with van der Waals surface area (Å²) in [6.45, 7) is 4.00. The lowest BCUT2D eigenvalue weighted by molar-refractivity contribution is -0.142. The van der Waals surface area contributed by atoms with E-state index < -0.39 is 23.5 Å². The number of aromatic nitrogens is 3. The number of aromatic amines is 1. The summed E-state index contributed by atoms with van der Waals surface area (Å²) in [6, 6.07) is 7.22. The van der Waals surface area contributed by atoms with E-state index in [-0.39, 0.29) is 46.6 Å². The number of piperidine rings is 1. The number of likely N-dealkylation sites (tertiary alicyclic amines) is 1. The fourth-order valence-electron chi connectivity index (χ4n) is 4.25. The van der Waals surface area contributed by atoms with E-state index in [2.05, 4.69) is 15.0 Å². The molecule has 0 spiro atoms. The molecule has 0 saturated carbocycles. The zero-order valence-electron chi connectivity index (χ0n) is 19.2. The van der Waals surface area contributed by atoms with Crippen LogP contribution < -0.4 is 10.3 Å². The van der Waals surface area contributed by atoms with Gasteiger partial charge in [0.2, 0.25) is 0 Å². The lowest BCUT2D eigenvalue weighted by Crippen LogP contribution is -2.40. The number of aryl methyl sites for hydroxylation is 1. The van der Waals surface area contributed by atoms with Crippen LogP contribution in [0, 0.1) is 12.8 Å². The molecule has 2 aromatic heterocycles. The number of aliphatic hydroxyl groups excluding tert-OH is 1. The third-order valence-electron chi connectivity index (χ3n) is 6.03. The summed E-state index contributed by atoms with van der Waals surface area (Å²) in [5.74, 6) is 0.292. The minimum Gasteiger partial charge on any atom is -0.486 e. The number of halogens is 3. The maximum atomic E-state index is 13.8. The molecule has 1 aliphatic heterocycles. The van der Waals surface area contributed by atoms with E-state index in [0.717, 1.165) is 18.9 Å². The van der Waals surface area contributed by atoms with Gasteiger partial charge in [-0.05, 0) is 62.9 Å². The van der Waals surface area contributed by atoms with Crippen molar-refractivity contribution in [1.82, 2.24) is 19.9 Å². The lowest BCUT2D eigenvalue weighted by atomic mass is 9.98. The van der Waals surface area contributed by atoms with E-state index in [4.69, 9.17) is 4.74 Å². The van der Waals surface area contributed by atoms with Gasteiger partial charge in [-0.2, -0.15) is 13.2 Å². The first-order valence-electron chi connectivity index (χ1n) is 11.2. The first kappa shape index (κ1) is 24.6. The lowest BCUT2D eigenvalue weighted by Gasteiger charge is -2.32. The van der Waals surface area contributed by atoms with Crippen molar-refractivity contribution in [3.63, 3.8) is 0 Å². The number of nitrogens with one attached hydrogen (secondary N) is 1. The first-order valence-corrected chi connectivity index (χ1v) is 11.2. The maximum absolute atomic E-state index is 13.8. The maximum Gasteiger partial charge on any atom is 0.433 e. The van der Waals surface area contributed by atoms with Gasteiger partial charge < -0.3 is 19.7 Å². The number of ether oxygens (including phenoxy) is 1. The number of rotatable bonds is 5. The highest BCUT2D eigenvalue weighted by Gasteiger charge is 2.38. The van der Waals surface area contributed by atoms with E-state index in [1.807, 2.05) is 0 Å². The van der Waals surface area contributed by atoms with Gasteiger partial charge in [0.05, 0.1) is 5.39 Å². The third-order valence-corrected chi connectivity index (χ3v) is 6.03. The minimum absolute atomic E-state index is 0.0273. The largest absolute Gasteiger partial charge is 0.486 e. The highest BCUT2D eigenvalue weighted by Crippen LogP contribution is 2.36. The molecule has 4 rings (SSSR count). The molecule has 0 radical (unpaired) electrons. The second-order valence-electron chi connectivity index (χ2n) is 8.67. The molecule has 186 valence electrons. The van der Waals surface area contributed by atoms with Crippen molar-refractivity contribution < 1.29 is 27.8 Å². The summed E-state index contributed by atoms with van der Waals surface area (Å²) in [5.41, 5.74) is -1.94. The Morgan fingerprint density at radius 1 is 1.29 bits per heavy atom. The molecule has 0 unspecified atom stereocenters. The van der Waals surface area contributed by atoms with Crippen LogP contribution in [0.25, 0.3) is 11.0 Å². The molecule has 2 N–H and O–H groups in total. The Balaban J connectivity index is 1.57. The van der Waals surface area contributed by atoms with Crippen LogP contribution in [0.1, 0.15) is 53.3 Å². The summed E-state index contributed by atoms with van der Waals surface area (Å²) < 4.78 is 47.0. The zero-order chi connectivity index (χ0) is 25.3. The average Bonchev–Trinajstić information content (AvgIpc) is 2.82. The van der Waals surface area contributed by atoms with Crippen LogP contribution in [0.5, 0.6) is 5.75 Å². The van der Waals surface area contributed by atoms with Crippen LogP contribution in [0.4, 0.5) is 13.2 Å². The molecule has 1 amide bonds. The van der Waals surface area contributed by atoms with Gasteiger partial charge in [0.15, 0.2) is 11.3 Å². The van der Waals surface area contributed by atoms with Crippen molar-refractivity contribution in [1.29, 1.82) is 0 Å². The first-order chi connectivity index (χ1) is 16.6. The number of H-pyrrole nitrogens is 1. The van der Waals surface area contributed by atoms with Crippen molar-refractivity contribution in [3.05, 3.63) is 63.3 Å². The number of aliphatic hydroxyl groups is 1. The molecule has 3 heterocycles. The highest BCUT2D eigenvalue weighted by atomic mass is 19.4. The van der Waals surface area contributed by atoms with Crippen LogP contribution in [-0.2, 0) is 6.18 Å². The molecule has 2 atom stereocenters. The molecule has 0 aliphatic carbocycles. The van der Waals surface area contributed by atoms with Crippen molar-refractivity contribution in [3.8, 4) is 5.75 Å². The summed E-state index contributed by atoms with van der Waals surface area (Å²) >= 11 is 0. The minimum atomic E-state index is -4.78. The SMILES string of the molecule is Cc1nc2nc(C(F)(F)F)c([C@H](C)Oc3ccc(C(=O)N4CCC[C@H](CO)C4)cc3)cc2c(=O)[nH]1. The van der Waals surface area contributed by atoms with E-state index >= 15 is 0 Å². The van der Waals surface area contributed by atoms with Crippen molar-refractivity contribution in [2.75, 3.05) is 19.7 Å². The topological polar surface area (TPSA) is 108 Å². The van der Waals surface area contributed by atoms with Gasteiger partial charge in [-0.1, -0.05) is 0 Å². The molecule has 3 aromatic rings. The summed E-state index contributed by atoms with van der Waals surface area (Å²) in [5, 5.41) is 9.31. The van der Waals surface area contributed by atoms with Gasteiger partial charge in [-0.15, -0.1) is 0 Å². The van der Waals surface area contributed by atoms with E-state index in [1.54, 1.807) is 17.0 Å². The Kier molecular flexibility index (Phi) is 6.79. The number of alkyl halides is 3. The number of amides is 1. The summed E-state index contributed by atoms with van der Waals surface area (Å²) in [4.78, 5) is 36.7. The Morgan fingerprint density at radius 3 is 2.66 bits per heavy atom. The number of carbonyl (C=O) groups excluding carboxylic acids is 1. The predicted molar refractivity (Wildman–Crippen MR) is 121 cm³/mol. The van der Waals surface area contributed by atoms with Crippen LogP contribution >= 0.6 is 0 Å². The number of hydrogen-bond donors (Lipinski definition) is 2. The van der Waals surface area contributed by atoms with Crippen molar-refractivity contribution >= 4 is 16.9 Å². The molecule has 8 nitrogen and oxygen atoms in total. The molecule has 0 bridgehead atoms. The van der Waals surface area contributed by atoms with Gasteiger partial charge in [-0.3, -0.25) is 9.59 Å². The van der Waals surface area contributed by atoms with Gasteiger partial charge >= 0.3 is 6.18 Å². The standard InChI is InChI=1S/C24H25F3N4O4/c1-13(18-10-19-21(28-14(2)29-22(19)33)30-20(18)24(25,26)27)35-17-7-5-16(6-8-17)23(34)31-9-3-4-15(11-31)12-32/h5-8,10,13,15,32H,3-4,9,11-12H2,1-2H3,(H,28,29,30,33)/t13-,15-/m0/s1. The fraction of sp³-hybridized carbons (Fsp3) is 0.417. The smallest absolute Gasteiger partial charge is 0.433 e. The number of benzene rings is 1. The predicted octanol–water partition coefficient (Wildman–Crippen LogP) is 3.63. The van der Waals surface area contributed by atoms with Crippen LogP contribution in [-0.4, -0.2) is 50.6 Å². The fourth-order valence-corrected chi connectivity index (χ4v) is 4.25. The molecular formula is C24H25F3N4O4. The second-order valence-corrected chi connectivity index (χ2v) is 8.67. The van der Waals surface area contributed by atoms with Crippen molar-refractivity contribution in [2.24, 2.45) is 5.92 Å². The van der Waals surface area contributed by atoms with E-state index in [0.29, 0.717) is 18.7 Å². The average molecular weight is 490 g/mol. The van der Waals surface area contributed by atoms with Gasteiger partial charge in [0.25, 0.3) is 11.5 Å². The number of fused-ring (bicyclic) bond motifs is 1. The second kappa shape index (κ2) is 9.65. The zero-order valence-corrected chi connectivity index (χ0v) is 19.2. The monoisotopic (exact) mass is 490 g/mol. The quantitative estimate of drug-likeness (QED) is 0.566. The van der Waals surface area contributed by atoms with Crippen LogP contribution in [0.2, 0.25) is 0 Å². The normalized spacial score (nSPS) is 17.4. The Hall–Kier alpha value is -3.47. The molecule has 11 heteroatoms. The molecule has 1 saturated heterocycles. The third kappa shape index (κ3) is 5.29. The molecular weight excluding hydrogens is 465 g/mol. The number of pyridine rings is 1. The Labute approximate surface area is 198 Å². The number of nitrogens with zero attached hydrogens (tertiary/aromatic N) is 3. The Bertz CT molecular complexity index is 1290. The highest BCUT2D eigenvalue weighted by molar-refractivity contribution is 5.94. The summed E-state index contributed by atoms with van der Waals surface area (Å²) in [6.07, 6.45) is -4.19. The Morgan fingerprint density at radius 2 is 2.00 bits per heavy atom. The van der Waals surface area contributed by atoms with E-state index in [1.165, 1.54) is 26.0 Å². The molecule has 1 fully saturated rings. The van der Waals surface area contributed by atoms with Gasteiger partial charge in [0.1, 0.15) is 17.7 Å². The van der Waals surface area contributed by atoms with Gasteiger partial charge in [0, 0.05) is 30.8 Å².